The van der Waals surface area contributed by atoms with E-state index in [1.54, 1.807) is 31.6 Å². The van der Waals surface area contributed by atoms with Crippen molar-refractivity contribution in [1.29, 1.82) is 0 Å². The van der Waals surface area contributed by atoms with Crippen LogP contribution >= 0.6 is 0 Å². The van der Waals surface area contributed by atoms with E-state index in [-0.39, 0.29) is 18.4 Å². The van der Waals surface area contributed by atoms with Crippen molar-refractivity contribution in [2.45, 2.75) is 25.6 Å². The number of carbonyl (C=O) groups is 1. The van der Waals surface area contributed by atoms with Crippen LogP contribution in [-0.4, -0.2) is 36.1 Å². The number of carbonyl (C=O) groups excluding carboxylic acids is 1. The highest BCUT2D eigenvalue weighted by Crippen LogP contribution is 2.32. The predicted octanol–water partition coefficient (Wildman–Crippen LogP) is 4.83. The standard InChI is InChI=1S/C25H25F3N4O3/c1-34-20-3-2-4-21(15-20)35-24-22(29-11-12-30-24)32-13-9-18(10-14-32)23(33)31-16-17-5-7-19(8-6-17)25(26,27)28/h2-8,11-12,15,18H,9-10,13-14,16H2,1H3,(H,31,33). The summed E-state index contributed by atoms with van der Waals surface area (Å²) < 4.78 is 49.3. The molecule has 1 fully saturated rings. The molecule has 3 aromatic rings. The monoisotopic (exact) mass is 486 g/mol. The minimum atomic E-state index is -4.38. The second kappa shape index (κ2) is 10.6. The van der Waals surface area contributed by atoms with Crippen molar-refractivity contribution >= 4 is 11.7 Å². The molecular formula is C25H25F3N4O3. The van der Waals surface area contributed by atoms with Gasteiger partial charge in [0.15, 0.2) is 5.82 Å². The number of benzene rings is 2. The van der Waals surface area contributed by atoms with Gasteiger partial charge in [-0.1, -0.05) is 18.2 Å². The van der Waals surface area contributed by atoms with Crippen molar-refractivity contribution in [1.82, 2.24) is 15.3 Å². The minimum Gasteiger partial charge on any atom is -0.497 e. The van der Waals surface area contributed by atoms with E-state index in [1.165, 1.54) is 12.1 Å². The van der Waals surface area contributed by atoms with Crippen molar-refractivity contribution in [2.75, 3.05) is 25.1 Å². The van der Waals surface area contributed by atoms with Crippen LogP contribution in [0.3, 0.4) is 0 Å². The highest BCUT2D eigenvalue weighted by Gasteiger charge is 2.30. The number of ether oxygens (including phenoxy) is 2. The third-order valence-electron chi connectivity index (χ3n) is 5.82. The van der Waals surface area contributed by atoms with Gasteiger partial charge in [0, 0.05) is 44.0 Å². The largest absolute Gasteiger partial charge is 0.497 e. The molecule has 0 aliphatic carbocycles. The third-order valence-corrected chi connectivity index (χ3v) is 5.82. The molecule has 1 N–H and O–H groups in total. The predicted molar refractivity (Wildman–Crippen MR) is 123 cm³/mol. The van der Waals surface area contributed by atoms with Gasteiger partial charge in [0.05, 0.1) is 12.7 Å². The van der Waals surface area contributed by atoms with E-state index in [1.807, 2.05) is 17.0 Å². The van der Waals surface area contributed by atoms with Gasteiger partial charge < -0.3 is 19.7 Å². The molecule has 0 atom stereocenters. The van der Waals surface area contributed by atoms with E-state index in [0.29, 0.717) is 54.7 Å². The topological polar surface area (TPSA) is 76.6 Å². The number of anilines is 1. The quantitative estimate of drug-likeness (QED) is 0.516. The van der Waals surface area contributed by atoms with E-state index in [2.05, 4.69) is 15.3 Å². The lowest BCUT2D eigenvalue weighted by atomic mass is 9.96. The van der Waals surface area contributed by atoms with Crippen LogP contribution in [0.25, 0.3) is 0 Å². The van der Waals surface area contributed by atoms with Gasteiger partial charge >= 0.3 is 6.18 Å². The first kappa shape index (κ1) is 24.3. The van der Waals surface area contributed by atoms with E-state index < -0.39 is 11.7 Å². The molecule has 0 saturated carbocycles. The first-order valence-corrected chi connectivity index (χ1v) is 11.1. The van der Waals surface area contributed by atoms with E-state index in [4.69, 9.17) is 9.47 Å². The summed E-state index contributed by atoms with van der Waals surface area (Å²) in [5, 5.41) is 2.83. The minimum absolute atomic E-state index is 0.114. The number of methoxy groups -OCH3 is 1. The highest BCUT2D eigenvalue weighted by atomic mass is 19.4. The molecule has 1 aliphatic rings. The molecule has 4 rings (SSSR count). The van der Waals surface area contributed by atoms with Crippen LogP contribution in [0.2, 0.25) is 0 Å². The molecule has 2 heterocycles. The fraction of sp³-hybridized carbons (Fsp3) is 0.320. The maximum atomic E-state index is 12.7. The normalized spacial score (nSPS) is 14.5. The van der Waals surface area contributed by atoms with Gasteiger partial charge in [-0.15, -0.1) is 0 Å². The Balaban J connectivity index is 1.32. The van der Waals surface area contributed by atoms with Crippen LogP contribution in [0.1, 0.15) is 24.0 Å². The fourth-order valence-electron chi connectivity index (χ4n) is 3.88. The van der Waals surface area contributed by atoms with Crippen LogP contribution in [0.4, 0.5) is 19.0 Å². The zero-order valence-corrected chi connectivity index (χ0v) is 19.1. The first-order chi connectivity index (χ1) is 16.8. The average molecular weight is 486 g/mol. The Hall–Kier alpha value is -3.82. The summed E-state index contributed by atoms with van der Waals surface area (Å²) in [6.07, 6.45) is -0.0170. The molecule has 10 heteroatoms. The van der Waals surface area contributed by atoms with Crippen molar-refractivity contribution in [2.24, 2.45) is 5.92 Å². The number of piperidine rings is 1. The van der Waals surface area contributed by atoms with Crippen molar-refractivity contribution < 1.29 is 27.4 Å². The van der Waals surface area contributed by atoms with Crippen LogP contribution < -0.4 is 19.7 Å². The Labute approximate surface area is 200 Å². The van der Waals surface area contributed by atoms with Crippen molar-refractivity contribution in [3.05, 3.63) is 72.1 Å². The number of halogens is 3. The van der Waals surface area contributed by atoms with Gasteiger partial charge in [-0.25, -0.2) is 9.97 Å². The molecule has 1 aromatic heterocycles. The summed E-state index contributed by atoms with van der Waals surface area (Å²) in [4.78, 5) is 23.4. The molecule has 184 valence electrons. The molecule has 35 heavy (non-hydrogen) atoms. The van der Waals surface area contributed by atoms with E-state index in [0.717, 1.165) is 12.1 Å². The van der Waals surface area contributed by atoms with Crippen LogP contribution in [0.5, 0.6) is 17.4 Å². The highest BCUT2D eigenvalue weighted by molar-refractivity contribution is 5.79. The Morgan fingerprint density at radius 3 is 2.43 bits per heavy atom. The summed E-state index contributed by atoms with van der Waals surface area (Å²) in [7, 11) is 1.58. The molecule has 0 bridgehead atoms. The number of hydrogen-bond acceptors (Lipinski definition) is 6. The molecule has 1 saturated heterocycles. The number of amides is 1. The molecule has 0 unspecified atom stereocenters. The lowest BCUT2D eigenvalue weighted by molar-refractivity contribution is -0.137. The van der Waals surface area contributed by atoms with Crippen molar-refractivity contribution in [3.8, 4) is 17.4 Å². The molecule has 7 nitrogen and oxygen atoms in total. The Morgan fingerprint density at radius 1 is 1.06 bits per heavy atom. The number of rotatable bonds is 7. The van der Waals surface area contributed by atoms with Crippen LogP contribution in [0, 0.1) is 5.92 Å². The Kier molecular flexibility index (Phi) is 7.38. The summed E-state index contributed by atoms with van der Waals surface area (Å²) in [6, 6.07) is 12.0. The number of alkyl halides is 3. The van der Waals surface area contributed by atoms with Gasteiger partial charge in [0.25, 0.3) is 5.88 Å². The zero-order chi connectivity index (χ0) is 24.8. The summed E-state index contributed by atoms with van der Waals surface area (Å²) in [6.45, 7) is 1.36. The maximum Gasteiger partial charge on any atom is 0.416 e. The zero-order valence-electron chi connectivity index (χ0n) is 19.1. The third kappa shape index (κ3) is 6.20. The maximum absolute atomic E-state index is 12.7. The van der Waals surface area contributed by atoms with Crippen LogP contribution in [0.15, 0.2) is 60.9 Å². The van der Waals surface area contributed by atoms with Gasteiger partial charge in [0.2, 0.25) is 5.91 Å². The number of hydrogen-bond donors (Lipinski definition) is 1. The van der Waals surface area contributed by atoms with Gasteiger partial charge in [-0.05, 0) is 42.7 Å². The lowest BCUT2D eigenvalue weighted by Gasteiger charge is -2.32. The van der Waals surface area contributed by atoms with E-state index in [9.17, 15) is 18.0 Å². The first-order valence-electron chi connectivity index (χ1n) is 11.1. The SMILES string of the molecule is COc1cccc(Oc2nccnc2N2CCC(C(=O)NCc3ccc(C(F)(F)F)cc3)CC2)c1. The second-order valence-electron chi connectivity index (χ2n) is 8.14. The summed E-state index contributed by atoms with van der Waals surface area (Å²) >= 11 is 0. The summed E-state index contributed by atoms with van der Waals surface area (Å²) in [5.41, 5.74) is -0.0959. The Morgan fingerprint density at radius 2 is 1.74 bits per heavy atom. The molecular weight excluding hydrogens is 461 g/mol. The van der Waals surface area contributed by atoms with Crippen LogP contribution in [-0.2, 0) is 17.5 Å². The second-order valence-corrected chi connectivity index (χ2v) is 8.14. The van der Waals surface area contributed by atoms with E-state index >= 15 is 0 Å². The van der Waals surface area contributed by atoms with Gasteiger partial charge in [-0.3, -0.25) is 4.79 Å². The fourth-order valence-corrected chi connectivity index (χ4v) is 3.88. The summed E-state index contributed by atoms with van der Waals surface area (Å²) in [5.74, 6) is 1.89. The Bertz CT molecular complexity index is 1150. The van der Waals surface area contributed by atoms with Gasteiger partial charge in [-0.2, -0.15) is 13.2 Å². The number of aromatic nitrogens is 2. The number of nitrogens with zero attached hydrogens (tertiary/aromatic N) is 3. The number of nitrogens with one attached hydrogen (secondary N) is 1. The molecule has 2 aromatic carbocycles. The molecule has 0 spiro atoms. The van der Waals surface area contributed by atoms with Crippen molar-refractivity contribution in [3.63, 3.8) is 0 Å². The lowest BCUT2D eigenvalue weighted by Crippen LogP contribution is -2.40. The molecule has 1 aliphatic heterocycles. The molecule has 1 amide bonds. The molecule has 0 radical (unpaired) electrons. The average Bonchev–Trinajstić information content (AvgIpc) is 2.87. The van der Waals surface area contributed by atoms with Gasteiger partial charge in [0.1, 0.15) is 11.5 Å². The smallest absolute Gasteiger partial charge is 0.416 e.